The predicted molar refractivity (Wildman–Crippen MR) is 127 cm³/mol. The third-order valence-corrected chi connectivity index (χ3v) is 6.34. The highest BCUT2D eigenvalue weighted by atomic mass is 16.5. The number of aliphatic hydroxyl groups is 1. The van der Waals surface area contributed by atoms with Crippen LogP contribution >= 0.6 is 0 Å². The third-order valence-electron chi connectivity index (χ3n) is 6.34. The summed E-state index contributed by atoms with van der Waals surface area (Å²) in [6.45, 7) is 1.76. The summed E-state index contributed by atoms with van der Waals surface area (Å²) in [6.07, 6.45) is 2.58. The molecule has 1 aromatic heterocycles. The minimum atomic E-state index is -1.03. The number of ether oxygens (including phenoxy) is 1. The van der Waals surface area contributed by atoms with Crippen LogP contribution in [0.4, 0.5) is 4.79 Å². The van der Waals surface area contributed by atoms with Crippen LogP contribution in [0.1, 0.15) is 30.4 Å². The summed E-state index contributed by atoms with van der Waals surface area (Å²) in [5, 5.41) is 22.6. The lowest BCUT2D eigenvalue weighted by molar-refractivity contribution is -0.0479. The van der Waals surface area contributed by atoms with E-state index in [4.69, 9.17) is 4.74 Å². The minimum absolute atomic E-state index is 0.222. The fraction of sp³-hybridized carbons (Fsp3) is 0.385. The molecule has 1 fully saturated rings. The van der Waals surface area contributed by atoms with Crippen LogP contribution in [-0.2, 0) is 13.0 Å². The molecule has 2 atom stereocenters. The number of aliphatic hydroxyl groups excluding tert-OH is 1. The zero-order valence-corrected chi connectivity index (χ0v) is 18.9. The second-order valence-corrected chi connectivity index (χ2v) is 8.53. The van der Waals surface area contributed by atoms with Crippen molar-refractivity contribution in [3.63, 3.8) is 0 Å². The predicted octanol–water partition coefficient (Wildman–Crippen LogP) is 4.14. The van der Waals surface area contributed by atoms with Crippen molar-refractivity contribution in [2.45, 2.75) is 44.5 Å². The van der Waals surface area contributed by atoms with Crippen LogP contribution < -0.4 is 4.74 Å². The van der Waals surface area contributed by atoms with E-state index in [0.29, 0.717) is 6.42 Å². The zero-order valence-electron chi connectivity index (χ0n) is 18.9. The highest BCUT2D eigenvalue weighted by Gasteiger charge is 2.35. The molecule has 0 aliphatic carbocycles. The number of carbonyl (C=O) groups is 1. The molecule has 2 aromatic carbocycles. The molecule has 2 N–H and O–H groups in total. The van der Waals surface area contributed by atoms with Gasteiger partial charge in [0.1, 0.15) is 11.9 Å². The summed E-state index contributed by atoms with van der Waals surface area (Å²) in [5.41, 5.74) is 2.63. The molecule has 0 spiro atoms. The molecule has 0 bridgehead atoms. The average molecular weight is 450 g/mol. The smallest absolute Gasteiger partial charge is 0.408 e. The van der Waals surface area contributed by atoms with Gasteiger partial charge in [0.25, 0.3) is 0 Å². The fourth-order valence-electron chi connectivity index (χ4n) is 4.70. The molecule has 7 nitrogen and oxygen atoms in total. The largest absolute Gasteiger partial charge is 0.497 e. The maximum atomic E-state index is 12.4. The van der Waals surface area contributed by atoms with Crippen LogP contribution in [0.15, 0.2) is 60.8 Å². The van der Waals surface area contributed by atoms with Gasteiger partial charge in [0.2, 0.25) is 0 Å². The first-order valence-electron chi connectivity index (χ1n) is 11.4. The van der Waals surface area contributed by atoms with E-state index in [1.807, 2.05) is 54.6 Å². The Labute approximate surface area is 194 Å². The molecular formula is C26H31N3O4. The number of rotatable bonds is 8. The Hall–Kier alpha value is -3.16. The lowest BCUT2D eigenvalue weighted by atomic mass is 9.99. The summed E-state index contributed by atoms with van der Waals surface area (Å²) in [7, 11) is 1.62. The Morgan fingerprint density at radius 2 is 1.88 bits per heavy atom. The van der Waals surface area contributed by atoms with Gasteiger partial charge in [-0.05, 0) is 48.2 Å². The van der Waals surface area contributed by atoms with Crippen molar-refractivity contribution >= 4 is 17.0 Å². The normalized spacial score (nSPS) is 16.3. The minimum Gasteiger partial charge on any atom is -0.497 e. The monoisotopic (exact) mass is 449 g/mol. The van der Waals surface area contributed by atoms with Gasteiger partial charge < -0.3 is 14.9 Å². The van der Waals surface area contributed by atoms with E-state index in [1.165, 1.54) is 4.90 Å². The van der Waals surface area contributed by atoms with Crippen molar-refractivity contribution in [3.8, 4) is 5.75 Å². The third kappa shape index (κ3) is 5.43. The van der Waals surface area contributed by atoms with Gasteiger partial charge in [-0.1, -0.05) is 36.8 Å². The molecule has 1 amide bonds. The zero-order chi connectivity index (χ0) is 23.2. The van der Waals surface area contributed by atoms with E-state index < -0.39 is 18.4 Å². The van der Waals surface area contributed by atoms with Crippen molar-refractivity contribution in [3.05, 3.63) is 71.9 Å². The number of hydrogen-bond donors (Lipinski definition) is 2. The molecule has 0 radical (unpaired) electrons. The second-order valence-electron chi connectivity index (χ2n) is 8.53. The number of pyridine rings is 1. The summed E-state index contributed by atoms with van der Waals surface area (Å²) >= 11 is 0. The first-order chi connectivity index (χ1) is 16.1. The van der Waals surface area contributed by atoms with Crippen molar-refractivity contribution in [2.24, 2.45) is 0 Å². The first-order valence-corrected chi connectivity index (χ1v) is 11.4. The van der Waals surface area contributed by atoms with Crippen LogP contribution in [0.3, 0.4) is 0 Å². The van der Waals surface area contributed by atoms with Crippen LogP contribution in [0.25, 0.3) is 10.9 Å². The fourth-order valence-corrected chi connectivity index (χ4v) is 4.70. The number of hydrogen-bond acceptors (Lipinski definition) is 5. The van der Waals surface area contributed by atoms with Gasteiger partial charge in [-0.15, -0.1) is 0 Å². The molecular weight excluding hydrogens is 418 g/mol. The molecule has 4 rings (SSSR count). The van der Waals surface area contributed by atoms with Gasteiger partial charge in [-0.2, -0.15) is 0 Å². The summed E-state index contributed by atoms with van der Waals surface area (Å²) in [5.74, 6) is 0.718. The molecule has 3 aromatic rings. The van der Waals surface area contributed by atoms with E-state index in [9.17, 15) is 15.0 Å². The van der Waals surface area contributed by atoms with Gasteiger partial charge in [-0.25, -0.2) is 4.79 Å². The Bertz CT molecular complexity index is 1070. The SMILES string of the molecule is COc1ccc2nccc(CC(O)C(N3CCCCC3)N(Cc3ccccc3)C(=O)O)c2c1. The highest BCUT2D eigenvalue weighted by Crippen LogP contribution is 2.26. The van der Waals surface area contributed by atoms with Gasteiger partial charge in [0, 0.05) is 31.1 Å². The van der Waals surface area contributed by atoms with E-state index in [1.54, 1.807) is 13.3 Å². The number of methoxy groups -OCH3 is 1. The number of likely N-dealkylation sites (tertiary alicyclic amines) is 1. The molecule has 1 aliphatic heterocycles. The molecule has 1 aliphatic rings. The number of aromatic nitrogens is 1. The Morgan fingerprint density at radius 1 is 1.12 bits per heavy atom. The lowest BCUT2D eigenvalue weighted by Gasteiger charge is -2.42. The maximum absolute atomic E-state index is 12.4. The molecule has 2 unspecified atom stereocenters. The molecule has 174 valence electrons. The standard InChI is InChI=1S/C26H31N3O4/c1-33-21-10-11-23-22(17-21)20(12-13-27-23)16-24(30)25(28-14-6-3-7-15-28)29(26(31)32)18-19-8-4-2-5-9-19/h2,4-5,8-13,17,24-25,30H,3,6-7,14-16,18H2,1H3,(H,31,32). The Kier molecular flexibility index (Phi) is 7.42. The number of amides is 1. The van der Waals surface area contributed by atoms with Crippen LogP contribution in [0, 0.1) is 0 Å². The van der Waals surface area contributed by atoms with Crippen molar-refractivity contribution in [1.82, 2.24) is 14.8 Å². The van der Waals surface area contributed by atoms with Gasteiger partial charge in [-0.3, -0.25) is 14.8 Å². The number of piperidine rings is 1. The topological polar surface area (TPSA) is 86.1 Å². The summed E-state index contributed by atoms with van der Waals surface area (Å²) < 4.78 is 5.38. The first kappa shape index (κ1) is 23.0. The molecule has 33 heavy (non-hydrogen) atoms. The summed E-state index contributed by atoms with van der Waals surface area (Å²) in [6, 6.07) is 17.1. The van der Waals surface area contributed by atoms with E-state index >= 15 is 0 Å². The van der Waals surface area contributed by atoms with Crippen LogP contribution in [0.5, 0.6) is 5.75 Å². The lowest BCUT2D eigenvalue weighted by Crippen LogP contribution is -2.58. The highest BCUT2D eigenvalue weighted by molar-refractivity contribution is 5.83. The van der Waals surface area contributed by atoms with Crippen molar-refractivity contribution in [2.75, 3.05) is 20.2 Å². The average Bonchev–Trinajstić information content (AvgIpc) is 2.85. The van der Waals surface area contributed by atoms with E-state index in [2.05, 4.69) is 9.88 Å². The number of fused-ring (bicyclic) bond motifs is 1. The molecule has 0 saturated carbocycles. The number of nitrogens with zero attached hydrogens (tertiary/aromatic N) is 3. The molecule has 7 heteroatoms. The number of carboxylic acid groups (broad SMARTS) is 1. The Morgan fingerprint density at radius 3 is 2.58 bits per heavy atom. The van der Waals surface area contributed by atoms with E-state index in [-0.39, 0.29) is 6.54 Å². The number of benzene rings is 2. The Balaban J connectivity index is 1.66. The van der Waals surface area contributed by atoms with Crippen molar-refractivity contribution in [1.29, 1.82) is 0 Å². The van der Waals surface area contributed by atoms with Gasteiger partial charge in [0.15, 0.2) is 0 Å². The van der Waals surface area contributed by atoms with Gasteiger partial charge in [0.05, 0.1) is 25.3 Å². The quantitative estimate of drug-likeness (QED) is 0.538. The molecule has 2 heterocycles. The molecule has 1 saturated heterocycles. The van der Waals surface area contributed by atoms with Crippen LogP contribution in [0.2, 0.25) is 0 Å². The summed E-state index contributed by atoms with van der Waals surface area (Å²) in [4.78, 5) is 20.3. The van der Waals surface area contributed by atoms with Gasteiger partial charge >= 0.3 is 6.09 Å². The van der Waals surface area contributed by atoms with Crippen molar-refractivity contribution < 1.29 is 19.7 Å². The maximum Gasteiger partial charge on any atom is 0.408 e. The van der Waals surface area contributed by atoms with E-state index in [0.717, 1.165) is 60.1 Å². The van der Waals surface area contributed by atoms with Crippen LogP contribution in [-0.4, -0.2) is 63.6 Å². The second kappa shape index (κ2) is 10.6.